The maximum absolute atomic E-state index is 13.0. The summed E-state index contributed by atoms with van der Waals surface area (Å²) in [6, 6.07) is 22.5. The van der Waals surface area contributed by atoms with Gasteiger partial charge in [-0.2, -0.15) is 0 Å². The number of ether oxygens (including phenoxy) is 2. The van der Waals surface area contributed by atoms with Crippen molar-refractivity contribution >= 4 is 9.84 Å². The molecule has 6 nitrogen and oxygen atoms in total. The van der Waals surface area contributed by atoms with Crippen molar-refractivity contribution in [3.05, 3.63) is 96.1 Å². The van der Waals surface area contributed by atoms with Crippen molar-refractivity contribution in [2.75, 3.05) is 0 Å². The lowest BCUT2D eigenvalue weighted by Gasteiger charge is -2.30. The van der Waals surface area contributed by atoms with Crippen LogP contribution in [0.25, 0.3) is 0 Å². The Morgan fingerprint density at radius 1 is 0.683 bits per heavy atom. The molecule has 0 heterocycles. The van der Waals surface area contributed by atoms with E-state index in [0.717, 1.165) is 18.4 Å². The third-order valence-electron chi connectivity index (χ3n) is 7.94. The zero-order valence-electron chi connectivity index (χ0n) is 24.4. The fourth-order valence-corrected chi connectivity index (χ4v) is 5.60. The van der Waals surface area contributed by atoms with Gasteiger partial charge in [0, 0.05) is 5.56 Å². The van der Waals surface area contributed by atoms with Crippen LogP contribution in [0.3, 0.4) is 0 Å². The Kier molecular flexibility index (Phi) is 8.41. The van der Waals surface area contributed by atoms with Crippen LogP contribution < -0.4 is 9.47 Å². The highest BCUT2D eigenvalue weighted by Crippen LogP contribution is 2.45. The number of rotatable bonds is 10. The molecule has 0 aliphatic carbocycles. The monoisotopic (exact) mass is 574 g/mol. The predicted molar refractivity (Wildman–Crippen MR) is 161 cm³/mol. The van der Waals surface area contributed by atoms with Crippen LogP contribution in [0.15, 0.2) is 94.7 Å². The summed E-state index contributed by atoms with van der Waals surface area (Å²) in [5.41, 5.74) is 2.08. The van der Waals surface area contributed by atoms with Crippen LogP contribution >= 0.6 is 0 Å². The normalized spacial score (nSPS) is 12.2. The van der Waals surface area contributed by atoms with Gasteiger partial charge < -0.3 is 19.7 Å². The quantitative estimate of drug-likeness (QED) is 0.196. The van der Waals surface area contributed by atoms with Crippen LogP contribution in [0.5, 0.6) is 34.5 Å². The average molecular weight is 575 g/mol. The molecule has 0 aliphatic heterocycles. The molecule has 0 bridgehead atoms. The lowest BCUT2D eigenvalue weighted by molar-refractivity contribution is 0.370. The van der Waals surface area contributed by atoms with Gasteiger partial charge in [0.2, 0.25) is 15.6 Å². The molecule has 0 saturated heterocycles. The molecule has 0 radical (unpaired) electrons. The Morgan fingerprint density at radius 3 is 1.85 bits per heavy atom. The van der Waals surface area contributed by atoms with E-state index in [2.05, 4.69) is 53.7 Å². The molecule has 0 amide bonds. The summed E-state index contributed by atoms with van der Waals surface area (Å²) in [6.45, 7) is 13.1. The third-order valence-corrected chi connectivity index (χ3v) is 9.72. The van der Waals surface area contributed by atoms with Gasteiger partial charge in [-0.25, -0.2) is 8.42 Å². The summed E-state index contributed by atoms with van der Waals surface area (Å²) < 4.78 is 38.4. The van der Waals surface area contributed by atoms with Gasteiger partial charge in [0.1, 0.15) is 17.2 Å². The van der Waals surface area contributed by atoms with Crippen LogP contribution in [-0.2, 0) is 20.7 Å². The van der Waals surface area contributed by atoms with Crippen LogP contribution in [0, 0.1) is 0 Å². The highest BCUT2D eigenvalue weighted by atomic mass is 32.2. The lowest BCUT2D eigenvalue weighted by Crippen LogP contribution is -2.20. The summed E-state index contributed by atoms with van der Waals surface area (Å²) in [4.78, 5) is 0.163. The first-order valence-electron chi connectivity index (χ1n) is 13.8. The van der Waals surface area contributed by atoms with Crippen LogP contribution in [0.2, 0.25) is 0 Å². The van der Waals surface area contributed by atoms with E-state index in [1.54, 1.807) is 24.3 Å². The smallest absolute Gasteiger partial charge is 0.211 e. The first-order valence-corrected chi connectivity index (χ1v) is 15.2. The van der Waals surface area contributed by atoms with Crippen molar-refractivity contribution in [2.24, 2.45) is 0 Å². The molecule has 0 atom stereocenters. The van der Waals surface area contributed by atoms with Crippen molar-refractivity contribution in [3.63, 3.8) is 0 Å². The number of phenolic OH excluding ortho intramolecular Hbond substituents is 2. The highest BCUT2D eigenvalue weighted by molar-refractivity contribution is 7.91. The summed E-state index contributed by atoms with van der Waals surface area (Å²) in [6.07, 6.45) is 1.88. The minimum absolute atomic E-state index is 0.00217. The molecule has 41 heavy (non-hydrogen) atoms. The van der Waals surface area contributed by atoms with E-state index in [1.807, 2.05) is 6.07 Å². The second kappa shape index (κ2) is 11.5. The molecule has 0 unspecified atom stereocenters. The molecule has 0 fully saturated rings. The molecule has 4 aromatic rings. The highest BCUT2D eigenvalue weighted by Gasteiger charge is 2.28. The fourth-order valence-electron chi connectivity index (χ4n) is 4.34. The number of aromatic hydroxyl groups is 2. The zero-order chi connectivity index (χ0) is 30.0. The van der Waals surface area contributed by atoms with Gasteiger partial charge >= 0.3 is 0 Å². The molecule has 7 heteroatoms. The molecular weight excluding hydrogens is 536 g/mol. The van der Waals surface area contributed by atoms with Gasteiger partial charge in [-0.15, -0.1) is 0 Å². The molecule has 0 aromatic heterocycles. The van der Waals surface area contributed by atoms with Crippen molar-refractivity contribution in [3.8, 4) is 34.5 Å². The van der Waals surface area contributed by atoms with E-state index in [9.17, 15) is 18.6 Å². The van der Waals surface area contributed by atoms with E-state index in [1.165, 1.54) is 48.0 Å². The number of sulfone groups is 1. The van der Waals surface area contributed by atoms with Gasteiger partial charge in [0.25, 0.3) is 0 Å². The maximum Gasteiger partial charge on any atom is 0.211 e. The summed E-state index contributed by atoms with van der Waals surface area (Å²) in [7, 11) is -3.77. The van der Waals surface area contributed by atoms with Gasteiger partial charge in [-0.3, -0.25) is 0 Å². The van der Waals surface area contributed by atoms with Gasteiger partial charge in [0.05, 0.1) is 9.79 Å². The van der Waals surface area contributed by atoms with E-state index in [0.29, 0.717) is 11.5 Å². The Bertz CT molecular complexity index is 1620. The Balaban J connectivity index is 1.66. The summed E-state index contributed by atoms with van der Waals surface area (Å²) >= 11 is 0. The number of hydrogen-bond donors (Lipinski definition) is 2. The largest absolute Gasteiger partial charge is 0.508 e. The van der Waals surface area contributed by atoms with Crippen molar-refractivity contribution in [2.45, 2.75) is 75.0 Å². The molecule has 4 rings (SSSR count). The standard InChI is InChI=1S/C34H38O6S/c1-7-33(3,4)23-12-21-30(28(22-23)34(5,6)8-2)40-32-29(36)10-9-11-31(32)39-25-15-19-27(20-16-25)41(37,38)26-17-13-24(35)14-18-26/h9-22,35-36H,7-8H2,1-6H3. The number of para-hydroxylation sites is 1. The van der Waals surface area contributed by atoms with Gasteiger partial charge in [0.15, 0.2) is 11.5 Å². The van der Waals surface area contributed by atoms with Crippen LogP contribution in [0.1, 0.15) is 65.5 Å². The maximum atomic E-state index is 13.0. The molecule has 2 N–H and O–H groups in total. The molecule has 0 saturated carbocycles. The Labute approximate surface area is 243 Å². The number of phenols is 2. The van der Waals surface area contributed by atoms with E-state index in [-0.39, 0.29) is 43.6 Å². The van der Waals surface area contributed by atoms with Crippen molar-refractivity contribution in [1.29, 1.82) is 0 Å². The van der Waals surface area contributed by atoms with E-state index >= 15 is 0 Å². The molecular formula is C34H38O6S. The molecule has 4 aromatic carbocycles. The van der Waals surface area contributed by atoms with Gasteiger partial charge in [-0.1, -0.05) is 59.7 Å². The molecule has 0 spiro atoms. The topological polar surface area (TPSA) is 93.1 Å². The number of hydrogen-bond acceptors (Lipinski definition) is 6. The summed E-state index contributed by atoms with van der Waals surface area (Å²) in [5.74, 6) is 1.38. The van der Waals surface area contributed by atoms with E-state index in [4.69, 9.17) is 9.47 Å². The third kappa shape index (κ3) is 6.35. The summed E-state index contributed by atoms with van der Waals surface area (Å²) in [5, 5.41) is 20.3. The van der Waals surface area contributed by atoms with Gasteiger partial charge in [-0.05, 0) is 96.0 Å². The molecule has 216 valence electrons. The lowest BCUT2D eigenvalue weighted by atomic mass is 9.76. The zero-order valence-corrected chi connectivity index (χ0v) is 25.2. The second-order valence-corrected chi connectivity index (χ2v) is 13.4. The van der Waals surface area contributed by atoms with Crippen LogP contribution in [-0.4, -0.2) is 18.6 Å². The first-order chi connectivity index (χ1) is 19.3. The first kappa shape index (κ1) is 30.0. The van der Waals surface area contributed by atoms with E-state index < -0.39 is 9.84 Å². The van der Waals surface area contributed by atoms with Crippen molar-refractivity contribution < 1.29 is 28.1 Å². The van der Waals surface area contributed by atoms with Crippen molar-refractivity contribution in [1.82, 2.24) is 0 Å². The minimum Gasteiger partial charge on any atom is -0.508 e. The predicted octanol–water partition coefficient (Wildman–Crippen LogP) is 8.89. The average Bonchev–Trinajstić information content (AvgIpc) is 2.95. The molecule has 0 aliphatic rings. The van der Waals surface area contributed by atoms with Crippen LogP contribution in [0.4, 0.5) is 0 Å². The second-order valence-electron chi connectivity index (χ2n) is 11.5. The Morgan fingerprint density at radius 2 is 1.27 bits per heavy atom. The SMILES string of the molecule is CCC(C)(C)c1ccc(Oc2c(O)cccc2Oc2ccc(S(=O)(=O)c3ccc(O)cc3)cc2)c(C(C)(C)CC)c1. The Hall–Kier alpha value is -3.97. The number of benzene rings is 4. The minimum atomic E-state index is -3.77. The fraction of sp³-hybridized carbons (Fsp3) is 0.294.